The zero-order valence-electron chi connectivity index (χ0n) is 18.8. The van der Waals surface area contributed by atoms with Crippen molar-refractivity contribution in [2.75, 3.05) is 40.0 Å². The summed E-state index contributed by atoms with van der Waals surface area (Å²) in [5, 5.41) is 9.76. The Labute approximate surface area is 199 Å². The summed E-state index contributed by atoms with van der Waals surface area (Å²) in [6.07, 6.45) is 5.01. The number of rotatable bonds is 7. The number of carboxylic acids is 1. The Hall–Kier alpha value is -3.34. The van der Waals surface area contributed by atoms with E-state index in [1.807, 2.05) is 4.90 Å². The maximum Gasteiger partial charge on any atom is 0.340 e. The maximum atomic E-state index is 13.4. The van der Waals surface area contributed by atoms with E-state index in [1.165, 1.54) is 12.1 Å². The third-order valence-electron chi connectivity index (χ3n) is 5.57. The number of hydrogen-bond acceptors (Lipinski definition) is 7. The minimum atomic E-state index is -4.58. The Morgan fingerprint density at radius 2 is 1.82 bits per heavy atom. The van der Waals surface area contributed by atoms with Gasteiger partial charge in [-0.05, 0) is 35.4 Å². The van der Waals surface area contributed by atoms with E-state index in [9.17, 15) is 18.3 Å². The Morgan fingerprint density at radius 1 is 1.18 bits per heavy atom. The average molecular weight is 483 g/mol. The fraction of sp³-hybridized carbons (Fsp3) is 0.320. The van der Waals surface area contributed by atoms with Crippen molar-refractivity contribution in [3.05, 3.63) is 48.0 Å². The molecular formula is C25H26N2O6S. The van der Waals surface area contributed by atoms with Crippen LogP contribution in [0.5, 0.6) is 5.75 Å². The van der Waals surface area contributed by atoms with E-state index in [0.29, 0.717) is 44.2 Å². The molecule has 178 valence electrons. The van der Waals surface area contributed by atoms with Crippen molar-refractivity contribution in [1.29, 1.82) is 0 Å². The second-order valence-corrected chi connectivity index (χ2v) is 9.88. The standard InChI is InChI=1S/C25H26N2O6S/c1-3-19-18-21(20-6-9-22(32-2)10-7-20)8-11-23(19)34(30,31)25(26,24(28)29)12-4-5-13-27-14-16-33-17-15-27/h1,6-11,18H,12-17,26H2,2H3,(H,28,29). The molecule has 0 spiro atoms. The number of carboxylic acid groups (broad SMARTS) is 1. The van der Waals surface area contributed by atoms with Gasteiger partial charge in [0.05, 0.1) is 38.2 Å². The van der Waals surface area contributed by atoms with Crippen molar-refractivity contribution in [3.8, 4) is 41.1 Å². The summed E-state index contributed by atoms with van der Waals surface area (Å²) >= 11 is 0. The van der Waals surface area contributed by atoms with Gasteiger partial charge in [-0.3, -0.25) is 4.90 Å². The molecule has 1 aliphatic rings. The first-order chi connectivity index (χ1) is 16.2. The second kappa shape index (κ2) is 10.7. The van der Waals surface area contributed by atoms with E-state index < -0.39 is 27.1 Å². The molecule has 0 saturated carbocycles. The fourth-order valence-corrected chi connectivity index (χ4v) is 4.98. The smallest absolute Gasteiger partial charge is 0.340 e. The summed E-state index contributed by atoms with van der Waals surface area (Å²) in [5.41, 5.74) is 7.44. The molecule has 2 aromatic rings. The summed E-state index contributed by atoms with van der Waals surface area (Å²) in [5.74, 6) is 6.78. The molecule has 1 aliphatic heterocycles. The Balaban J connectivity index is 1.90. The predicted molar refractivity (Wildman–Crippen MR) is 128 cm³/mol. The normalized spacial score (nSPS) is 15.9. The SMILES string of the molecule is C#Cc1cc(-c2ccc(OC)cc2)ccc1S(=O)(=O)C(N)(CC#CCN1CCOCC1)C(=O)O. The highest BCUT2D eigenvalue weighted by Gasteiger charge is 2.49. The van der Waals surface area contributed by atoms with Crippen molar-refractivity contribution in [2.45, 2.75) is 16.2 Å². The first kappa shape index (κ1) is 25.3. The highest BCUT2D eigenvalue weighted by Crippen LogP contribution is 2.31. The van der Waals surface area contributed by atoms with Gasteiger partial charge in [-0.1, -0.05) is 36.0 Å². The number of ether oxygens (including phenoxy) is 2. The molecule has 3 N–H and O–H groups in total. The van der Waals surface area contributed by atoms with Crippen LogP contribution in [0.25, 0.3) is 11.1 Å². The van der Waals surface area contributed by atoms with Gasteiger partial charge in [0.2, 0.25) is 14.7 Å². The second-order valence-electron chi connectivity index (χ2n) is 7.70. The van der Waals surface area contributed by atoms with E-state index >= 15 is 0 Å². The van der Waals surface area contributed by atoms with Crippen LogP contribution in [-0.4, -0.2) is 69.2 Å². The summed E-state index contributed by atoms with van der Waals surface area (Å²) in [7, 11) is -3.02. The number of morpholine rings is 1. The van der Waals surface area contributed by atoms with Gasteiger partial charge in [-0.25, -0.2) is 13.2 Å². The van der Waals surface area contributed by atoms with Crippen LogP contribution in [0, 0.1) is 24.2 Å². The molecule has 1 fully saturated rings. The van der Waals surface area contributed by atoms with Crippen LogP contribution in [-0.2, 0) is 19.4 Å². The number of sulfone groups is 1. The lowest BCUT2D eigenvalue weighted by Gasteiger charge is -2.25. The molecule has 0 radical (unpaired) electrons. The summed E-state index contributed by atoms with van der Waals surface area (Å²) in [6.45, 7) is 2.95. The van der Waals surface area contributed by atoms with Gasteiger partial charge in [0.25, 0.3) is 0 Å². The lowest BCUT2D eigenvalue weighted by Crippen LogP contribution is -2.54. The third-order valence-corrected chi connectivity index (χ3v) is 7.78. The zero-order valence-corrected chi connectivity index (χ0v) is 19.6. The van der Waals surface area contributed by atoms with E-state index in [4.69, 9.17) is 21.6 Å². The van der Waals surface area contributed by atoms with Crippen molar-refractivity contribution >= 4 is 15.8 Å². The van der Waals surface area contributed by atoms with Crippen LogP contribution in [0.3, 0.4) is 0 Å². The number of benzene rings is 2. The number of hydrogen-bond donors (Lipinski definition) is 2. The monoisotopic (exact) mass is 482 g/mol. The Kier molecular flexibility index (Phi) is 7.98. The van der Waals surface area contributed by atoms with Gasteiger partial charge < -0.3 is 20.3 Å². The van der Waals surface area contributed by atoms with Gasteiger partial charge in [-0.2, -0.15) is 0 Å². The molecule has 3 rings (SSSR count). The zero-order chi connectivity index (χ0) is 24.8. The summed E-state index contributed by atoms with van der Waals surface area (Å²) < 4.78 is 37.2. The molecule has 0 aliphatic carbocycles. The van der Waals surface area contributed by atoms with Crippen molar-refractivity contribution in [2.24, 2.45) is 5.73 Å². The van der Waals surface area contributed by atoms with E-state index in [-0.39, 0.29) is 10.5 Å². The molecule has 0 aromatic heterocycles. The van der Waals surface area contributed by atoms with Gasteiger partial charge in [0, 0.05) is 18.7 Å². The van der Waals surface area contributed by atoms with Crippen LogP contribution < -0.4 is 10.5 Å². The minimum absolute atomic E-state index is 0.0191. The molecule has 8 nitrogen and oxygen atoms in total. The highest BCUT2D eigenvalue weighted by molar-refractivity contribution is 7.93. The number of nitrogens with two attached hydrogens (primary N) is 1. The molecular weight excluding hydrogens is 456 g/mol. The molecule has 1 atom stereocenters. The maximum absolute atomic E-state index is 13.4. The van der Waals surface area contributed by atoms with E-state index in [1.54, 1.807) is 37.4 Å². The molecule has 34 heavy (non-hydrogen) atoms. The lowest BCUT2D eigenvalue weighted by molar-refractivity contribution is -0.139. The highest BCUT2D eigenvalue weighted by atomic mass is 32.2. The Morgan fingerprint density at radius 3 is 2.41 bits per heavy atom. The van der Waals surface area contributed by atoms with Gasteiger partial charge in [0.1, 0.15) is 5.75 Å². The van der Waals surface area contributed by atoms with Crippen LogP contribution >= 0.6 is 0 Å². The lowest BCUT2D eigenvalue weighted by atomic mass is 10.0. The Bertz CT molecular complexity index is 1250. The van der Waals surface area contributed by atoms with Crippen LogP contribution in [0.2, 0.25) is 0 Å². The quantitative estimate of drug-likeness (QED) is 0.571. The van der Waals surface area contributed by atoms with Crippen molar-refractivity contribution in [1.82, 2.24) is 4.90 Å². The van der Waals surface area contributed by atoms with E-state index in [2.05, 4.69) is 17.8 Å². The van der Waals surface area contributed by atoms with Crippen molar-refractivity contribution in [3.63, 3.8) is 0 Å². The topological polar surface area (TPSA) is 119 Å². The van der Waals surface area contributed by atoms with Crippen LogP contribution in [0.1, 0.15) is 12.0 Å². The van der Waals surface area contributed by atoms with Crippen molar-refractivity contribution < 1.29 is 27.8 Å². The molecule has 0 amide bonds. The molecule has 1 heterocycles. The van der Waals surface area contributed by atoms with Gasteiger partial charge in [0.15, 0.2) is 0 Å². The van der Waals surface area contributed by atoms with Gasteiger partial charge in [-0.15, -0.1) is 6.42 Å². The summed E-state index contributed by atoms with van der Waals surface area (Å²) in [4.78, 5) is 11.1. The number of aliphatic carboxylic acids is 1. The third kappa shape index (κ3) is 5.24. The molecule has 9 heteroatoms. The molecule has 1 saturated heterocycles. The fourth-order valence-electron chi connectivity index (χ4n) is 3.44. The summed E-state index contributed by atoms with van der Waals surface area (Å²) in [6, 6.07) is 11.5. The van der Waals surface area contributed by atoms with E-state index in [0.717, 1.165) is 5.56 Å². The van der Waals surface area contributed by atoms with Crippen LogP contribution in [0.15, 0.2) is 47.4 Å². The first-order valence-electron chi connectivity index (χ1n) is 10.5. The molecule has 0 bridgehead atoms. The molecule has 2 aromatic carbocycles. The average Bonchev–Trinajstić information content (AvgIpc) is 2.86. The molecule has 1 unspecified atom stereocenters. The minimum Gasteiger partial charge on any atom is -0.497 e. The largest absolute Gasteiger partial charge is 0.497 e. The number of carbonyl (C=O) groups is 1. The predicted octanol–water partition coefficient (Wildman–Crippen LogP) is 1.58. The van der Waals surface area contributed by atoms with Crippen LogP contribution in [0.4, 0.5) is 0 Å². The number of terminal acetylenes is 1. The first-order valence-corrected chi connectivity index (χ1v) is 12.0. The number of nitrogens with zero attached hydrogens (tertiary/aromatic N) is 1. The van der Waals surface area contributed by atoms with Gasteiger partial charge >= 0.3 is 5.97 Å². The number of methoxy groups -OCH3 is 1.